The Labute approximate surface area is 234 Å². The van der Waals surface area contributed by atoms with Crippen molar-refractivity contribution in [2.45, 2.75) is 105 Å². The van der Waals surface area contributed by atoms with Crippen LogP contribution in [-0.2, 0) is 33.5 Å². The van der Waals surface area contributed by atoms with Gasteiger partial charge in [0.2, 0.25) is 0 Å². The van der Waals surface area contributed by atoms with Gasteiger partial charge in [0.05, 0.1) is 32.2 Å². The van der Waals surface area contributed by atoms with E-state index < -0.39 is 23.5 Å². The third-order valence-electron chi connectivity index (χ3n) is 6.11. The van der Waals surface area contributed by atoms with Gasteiger partial charge in [-0.25, -0.2) is 0 Å². The van der Waals surface area contributed by atoms with E-state index in [2.05, 4.69) is 0 Å². The minimum absolute atomic E-state index is 0.0247. The zero-order valence-electron chi connectivity index (χ0n) is 25.2. The van der Waals surface area contributed by atoms with Crippen LogP contribution in [0.4, 0.5) is 0 Å². The third-order valence-corrected chi connectivity index (χ3v) is 6.11. The third kappa shape index (κ3) is 18.6. The van der Waals surface area contributed by atoms with Crippen molar-refractivity contribution in [2.75, 3.05) is 39.3 Å². The van der Waals surface area contributed by atoms with Crippen LogP contribution in [0.1, 0.15) is 93.4 Å². The first-order valence-corrected chi connectivity index (χ1v) is 14.0. The first kappa shape index (κ1) is 36.7. The Bertz CT molecular complexity index is 819. The molecule has 0 saturated carbocycles. The molecule has 0 bridgehead atoms. The van der Waals surface area contributed by atoms with Gasteiger partial charge in [0, 0.05) is 12.3 Å². The van der Waals surface area contributed by atoms with Crippen LogP contribution in [0, 0.1) is 5.92 Å². The molecule has 0 unspecified atom stereocenters. The van der Waals surface area contributed by atoms with Crippen LogP contribution in [0.2, 0.25) is 0 Å². The molecule has 0 spiro atoms. The van der Waals surface area contributed by atoms with E-state index in [0.29, 0.717) is 38.8 Å². The maximum Gasteiger partial charge on any atom is 0.320 e. The number of ether oxygens (including phenoxy) is 1. The van der Waals surface area contributed by atoms with E-state index in [9.17, 15) is 28.8 Å². The first-order valence-electron chi connectivity index (χ1n) is 14.0. The Balaban J connectivity index is 5.54. The minimum Gasteiger partial charge on any atom is -0.459 e. The Morgan fingerprint density at radius 3 is 1.74 bits per heavy atom. The van der Waals surface area contributed by atoms with E-state index >= 15 is 0 Å². The van der Waals surface area contributed by atoms with Crippen LogP contribution in [0.25, 0.3) is 0 Å². The highest BCUT2D eigenvalue weighted by Gasteiger charge is 2.30. The van der Waals surface area contributed by atoms with Gasteiger partial charge in [0.1, 0.15) is 28.7 Å². The van der Waals surface area contributed by atoms with Crippen molar-refractivity contribution < 1.29 is 33.5 Å². The van der Waals surface area contributed by atoms with Gasteiger partial charge in [-0.15, -0.1) is 0 Å². The number of rotatable bonds is 22. The average molecular weight is 554 g/mol. The maximum atomic E-state index is 13.5. The SMILES string of the molecule is CC(=O)CN(CCCC[C@@H](C(=O)C[C@@H](CCCCN)C(C)=O)N(CC(C)=O)CC(C)=O)CC(=O)OC(C)(C)C. The number of unbranched alkanes of at least 4 members (excludes halogenated alkanes) is 2. The molecule has 0 aromatic carbocycles. The highest BCUT2D eigenvalue weighted by atomic mass is 16.6. The van der Waals surface area contributed by atoms with Gasteiger partial charge >= 0.3 is 5.97 Å². The van der Waals surface area contributed by atoms with Crippen LogP contribution in [0.3, 0.4) is 0 Å². The molecular formula is C29H51N3O7. The summed E-state index contributed by atoms with van der Waals surface area (Å²) in [5.74, 6) is -1.48. The number of Topliss-reactive ketones (excluding diaryl/α,β-unsaturated/α-hetero) is 5. The fourth-order valence-corrected chi connectivity index (χ4v) is 4.52. The van der Waals surface area contributed by atoms with Gasteiger partial charge in [-0.05, 0) is 87.2 Å². The number of carbonyl (C=O) groups is 6. The van der Waals surface area contributed by atoms with E-state index in [1.807, 2.05) is 0 Å². The molecule has 0 aromatic heterocycles. The molecule has 0 amide bonds. The van der Waals surface area contributed by atoms with Crippen molar-refractivity contribution in [1.82, 2.24) is 9.80 Å². The van der Waals surface area contributed by atoms with Gasteiger partial charge in [-0.1, -0.05) is 12.8 Å². The second-order valence-electron chi connectivity index (χ2n) is 11.6. The number of esters is 1. The molecule has 39 heavy (non-hydrogen) atoms. The molecule has 0 aliphatic heterocycles. The monoisotopic (exact) mass is 553 g/mol. The van der Waals surface area contributed by atoms with Crippen LogP contribution < -0.4 is 5.73 Å². The lowest BCUT2D eigenvalue weighted by molar-refractivity contribution is -0.156. The summed E-state index contributed by atoms with van der Waals surface area (Å²) in [6.07, 6.45) is 3.65. The van der Waals surface area contributed by atoms with E-state index in [-0.39, 0.29) is 61.5 Å². The van der Waals surface area contributed by atoms with Gasteiger partial charge in [-0.3, -0.25) is 38.6 Å². The van der Waals surface area contributed by atoms with Gasteiger partial charge in [0.25, 0.3) is 0 Å². The molecule has 0 aliphatic rings. The second-order valence-corrected chi connectivity index (χ2v) is 11.6. The minimum atomic E-state index is -0.693. The predicted molar refractivity (Wildman–Crippen MR) is 150 cm³/mol. The van der Waals surface area contributed by atoms with Crippen LogP contribution in [0.15, 0.2) is 0 Å². The van der Waals surface area contributed by atoms with E-state index in [0.717, 1.165) is 12.8 Å². The Morgan fingerprint density at radius 1 is 0.744 bits per heavy atom. The predicted octanol–water partition coefficient (Wildman–Crippen LogP) is 2.53. The lowest BCUT2D eigenvalue weighted by atomic mass is 9.88. The highest BCUT2D eigenvalue weighted by molar-refractivity contribution is 5.91. The number of ketones is 5. The normalized spacial score (nSPS) is 13.3. The lowest BCUT2D eigenvalue weighted by Crippen LogP contribution is -2.46. The van der Waals surface area contributed by atoms with Crippen molar-refractivity contribution in [2.24, 2.45) is 11.7 Å². The maximum absolute atomic E-state index is 13.5. The summed E-state index contributed by atoms with van der Waals surface area (Å²) in [6, 6.07) is -0.693. The largest absolute Gasteiger partial charge is 0.459 e. The van der Waals surface area contributed by atoms with Gasteiger partial charge in [-0.2, -0.15) is 0 Å². The number of nitrogens with zero attached hydrogens (tertiary/aromatic N) is 2. The molecule has 0 heterocycles. The Hall–Kier alpha value is -2.30. The number of hydrogen-bond donors (Lipinski definition) is 1. The smallest absolute Gasteiger partial charge is 0.320 e. The molecule has 2 N–H and O–H groups in total. The van der Waals surface area contributed by atoms with Gasteiger partial charge in [0.15, 0.2) is 5.78 Å². The topological polar surface area (TPSA) is 144 Å². The molecule has 0 aliphatic carbocycles. The summed E-state index contributed by atoms with van der Waals surface area (Å²) in [7, 11) is 0. The van der Waals surface area contributed by atoms with Crippen molar-refractivity contribution in [1.29, 1.82) is 0 Å². The summed E-state index contributed by atoms with van der Waals surface area (Å²) in [5, 5.41) is 0. The highest BCUT2D eigenvalue weighted by Crippen LogP contribution is 2.20. The molecule has 0 fully saturated rings. The van der Waals surface area contributed by atoms with Crippen molar-refractivity contribution in [3.05, 3.63) is 0 Å². The fraction of sp³-hybridized carbons (Fsp3) is 0.793. The second kappa shape index (κ2) is 18.9. The lowest BCUT2D eigenvalue weighted by Gasteiger charge is -2.30. The van der Waals surface area contributed by atoms with Crippen LogP contribution in [-0.4, -0.2) is 95.6 Å². The number of hydrogen-bond acceptors (Lipinski definition) is 10. The molecule has 0 radical (unpaired) electrons. The molecule has 0 rings (SSSR count). The van der Waals surface area contributed by atoms with Crippen molar-refractivity contribution >= 4 is 34.9 Å². The zero-order chi connectivity index (χ0) is 30.2. The summed E-state index contributed by atoms with van der Waals surface area (Å²) in [5.41, 5.74) is 4.94. The summed E-state index contributed by atoms with van der Waals surface area (Å²) in [6.45, 7) is 12.0. The molecule has 10 nitrogen and oxygen atoms in total. The van der Waals surface area contributed by atoms with Crippen LogP contribution >= 0.6 is 0 Å². The van der Waals surface area contributed by atoms with Crippen molar-refractivity contribution in [3.8, 4) is 0 Å². The number of nitrogens with two attached hydrogens (primary N) is 1. The Morgan fingerprint density at radius 2 is 1.28 bits per heavy atom. The molecule has 0 aromatic rings. The summed E-state index contributed by atoms with van der Waals surface area (Å²) < 4.78 is 5.38. The molecule has 10 heteroatoms. The zero-order valence-corrected chi connectivity index (χ0v) is 25.2. The Kier molecular flexibility index (Phi) is 17.8. The molecular weight excluding hydrogens is 502 g/mol. The number of carbonyl (C=O) groups excluding carboxylic acids is 6. The molecule has 224 valence electrons. The molecule has 0 saturated heterocycles. The quantitative estimate of drug-likeness (QED) is 0.157. The van der Waals surface area contributed by atoms with E-state index in [1.54, 1.807) is 30.6 Å². The van der Waals surface area contributed by atoms with Crippen molar-refractivity contribution in [3.63, 3.8) is 0 Å². The standard InChI is InChI=1S/C29H51N3O7/c1-21(33)17-31(20-28(38)39-29(5,6)7)15-11-9-13-26(32(18-22(2)34)19-23(3)35)27(37)16-25(24(4)36)12-8-10-14-30/h25-26H,8-20,30H2,1-7H3/t25-,26+/m1/s1. The molecule has 2 atom stereocenters. The first-order chi connectivity index (χ1) is 18.0. The van der Waals surface area contributed by atoms with E-state index in [4.69, 9.17) is 10.5 Å². The van der Waals surface area contributed by atoms with Crippen LogP contribution in [0.5, 0.6) is 0 Å². The summed E-state index contributed by atoms with van der Waals surface area (Å²) >= 11 is 0. The van der Waals surface area contributed by atoms with Gasteiger partial charge < -0.3 is 10.5 Å². The van der Waals surface area contributed by atoms with E-state index in [1.165, 1.54) is 27.7 Å². The average Bonchev–Trinajstić information content (AvgIpc) is 2.75. The summed E-state index contributed by atoms with van der Waals surface area (Å²) in [4.78, 5) is 77.1. The fourth-order valence-electron chi connectivity index (χ4n) is 4.52.